The molecule has 43 heavy (non-hydrogen) atoms. The molecule has 19 nitrogen and oxygen atoms in total. The number of aromatic nitrogens is 8. The smallest absolute Gasteiger partial charge is 0.382 e. The summed E-state index contributed by atoms with van der Waals surface area (Å²) < 4.78 is 92.0. The Morgan fingerprint density at radius 3 is 1.98 bits per heavy atom. The van der Waals surface area contributed by atoms with Crippen LogP contribution in [0.15, 0.2) is 25.3 Å². The van der Waals surface area contributed by atoms with E-state index in [-0.39, 0.29) is 34.0 Å². The minimum absolute atomic E-state index is 0.0328. The number of anilines is 2. The largest absolute Gasteiger partial charge is 0.697 e. The molecule has 7 rings (SSSR count). The van der Waals surface area contributed by atoms with Gasteiger partial charge in [-0.1, -0.05) is 0 Å². The van der Waals surface area contributed by atoms with Crippen molar-refractivity contribution >= 4 is 50.0 Å². The van der Waals surface area contributed by atoms with Crippen LogP contribution in [0.5, 0.6) is 0 Å². The van der Waals surface area contributed by atoms with Gasteiger partial charge in [-0.2, -0.15) is 0 Å². The molecular formula is C20H21F2N10O9P2+. The second-order valence-corrected chi connectivity index (χ2v) is 11.9. The molecular weight excluding hydrogens is 624 g/mol. The van der Waals surface area contributed by atoms with E-state index in [1.807, 2.05) is 0 Å². The van der Waals surface area contributed by atoms with Gasteiger partial charge in [0.25, 0.3) is 0 Å². The van der Waals surface area contributed by atoms with Gasteiger partial charge in [-0.05, 0) is 0 Å². The third kappa shape index (κ3) is 4.91. The van der Waals surface area contributed by atoms with Gasteiger partial charge in [-0.3, -0.25) is 18.2 Å². The second kappa shape index (κ2) is 10.7. The predicted octanol–water partition coefficient (Wildman–Crippen LogP) is 0.877. The number of rotatable bonds is 2. The van der Waals surface area contributed by atoms with Crippen LogP contribution in [0.3, 0.4) is 0 Å². The van der Waals surface area contributed by atoms with E-state index in [1.165, 1.54) is 21.8 Å². The van der Waals surface area contributed by atoms with Crippen molar-refractivity contribution in [2.24, 2.45) is 0 Å². The highest BCUT2D eigenvalue weighted by molar-refractivity contribution is 7.47. The normalized spacial score (nSPS) is 36.3. The maximum atomic E-state index is 15.8. The highest BCUT2D eigenvalue weighted by Crippen LogP contribution is 2.51. The maximum absolute atomic E-state index is 15.8. The number of hydrogen-bond donors (Lipinski definition) is 3. The van der Waals surface area contributed by atoms with Crippen LogP contribution < -0.4 is 11.5 Å². The summed E-state index contributed by atoms with van der Waals surface area (Å²) in [5.74, 6) is 0.0725. The molecule has 0 spiro atoms. The van der Waals surface area contributed by atoms with Gasteiger partial charge in [0.05, 0.1) is 19.3 Å². The van der Waals surface area contributed by atoms with Crippen LogP contribution in [0.2, 0.25) is 0 Å². The fraction of sp³-hybridized carbons (Fsp3) is 0.500. The van der Waals surface area contributed by atoms with Crippen molar-refractivity contribution in [2.75, 3.05) is 24.7 Å². The molecule has 5 N–H and O–H groups in total. The topological polar surface area (TPSA) is 249 Å². The summed E-state index contributed by atoms with van der Waals surface area (Å²) in [7, 11) is -8.10. The minimum atomic E-state index is -5.05. The molecule has 0 aliphatic carbocycles. The maximum Gasteiger partial charge on any atom is 0.697 e. The molecule has 3 aliphatic rings. The van der Waals surface area contributed by atoms with Gasteiger partial charge in [0.1, 0.15) is 48.6 Å². The van der Waals surface area contributed by atoms with Gasteiger partial charge in [0.15, 0.2) is 53.8 Å². The first-order chi connectivity index (χ1) is 20.6. The fourth-order valence-electron chi connectivity index (χ4n) is 5.08. The summed E-state index contributed by atoms with van der Waals surface area (Å²) in [5, 5.41) is 0. The molecule has 0 aromatic carbocycles. The number of alkyl halides is 2. The quantitative estimate of drug-likeness (QED) is 0.256. The van der Waals surface area contributed by atoms with E-state index in [9.17, 15) is 14.0 Å². The van der Waals surface area contributed by atoms with Crippen LogP contribution in [-0.2, 0) is 36.7 Å². The minimum Gasteiger partial charge on any atom is -0.382 e. The number of imidazole rings is 2. The van der Waals surface area contributed by atoms with Gasteiger partial charge in [-0.25, -0.2) is 43.2 Å². The molecule has 23 heteroatoms. The van der Waals surface area contributed by atoms with Gasteiger partial charge in [0.2, 0.25) is 0 Å². The molecule has 10 atom stereocenters. The number of phosphoric ester groups is 1. The standard InChI is InChI=1S/C20H20F2N10O9P2/c21-9-13-8(39-19(9)31-5-29-11-15(23)25-3-27-17(11)31)2-37-43(34,35)41-14-7(1-36-42(33)40-13)38-20(10(14)22)32-6-30-12-16(24)26-4-28-18(12)32/h3-10,13-14,19-20H,1-2H2,(H4-,23,24,25,26,27,28,34,35)/p+1/t7?,8-,9-,10-,13-,14-,19-,20-/m1/s1. The monoisotopic (exact) mass is 645 g/mol. The Balaban J connectivity index is 1.14. The van der Waals surface area contributed by atoms with Crippen LogP contribution in [0, 0.1) is 0 Å². The predicted molar refractivity (Wildman–Crippen MR) is 136 cm³/mol. The Kier molecular flexibility index (Phi) is 7.03. The van der Waals surface area contributed by atoms with Crippen molar-refractivity contribution < 1.29 is 50.4 Å². The zero-order chi connectivity index (χ0) is 30.0. The molecule has 0 bridgehead atoms. The van der Waals surface area contributed by atoms with E-state index in [0.29, 0.717) is 0 Å². The Bertz CT molecular complexity index is 1760. The van der Waals surface area contributed by atoms with Crippen LogP contribution >= 0.6 is 16.1 Å². The number of nitrogens with zero attached hydrogens (tertiary/aromatic N) is 8. The zero-order valence-corrected chi connectivity index (χ0v) is 23.2. The molecule has 0 saturated carbocycles. The van der Waals surface area contributed by atoms with Crippen molar-refractivity contribution in [3.63, 3.8) is 0 Å². The number of phosphoric acid groups is 1. The lowest BCUT2D eigenvalue weighted by Gasteiger charge is -2.23. The first-order valence-electron chi connectivity index (χ1n) is 12.5. The van der Waals surface area contributed by atoms with E-state index in [0.717, 1.165) is 12.7 Å². The Morgan fingerprint density at radius 2 is 1.40 bits per heavy atom. The molecule has 3 aliphatic heterocycles. The number of fused-ring (bicyclic) bond motifs is 4. The lowest BCUT2D eigenvalue weighted by Crippen LogP contribution is -2.36. The third-order valence-electron chi connectivity index (χ3n) is 7.07. The highest BCUT2D eigenvalue weighted by atomic mass is 31.2. The van der Waals surface area contributed by atoms with E-state index < -0.39 is 78.5 Å². The first kappa shape index (κ1) is 28.4. The molecule has 0 amide bonds. The van der Waals surface area contributed by atoms with Gasteiger partial charge < -0.3 is 25.8 Å². The van der Waals surface area contributed by atoms with Gasteiger partial charge in [0, 0.05) is 4.57 Å². The van der Waals surface area contributed by atoms with Crippen molar-refractivity contribution in [1.29, 1.82) is 0 Å². The van der Waals surface area contributed by atoms with Crippen molar-refractivity contribution in [1.82, 2.24) is 39.0 Å². The number of nitrogens with two attached hydrogens (primary N) is 2. The van der Waals surface area contributed by atoms with E-state index in [4.69, 9.17) is 39.0 Å². The van der Waals surface area contributed by atoms with Crippen molar-refractivity contribution in [2.45, 2.75) is 49.2 Å². The zero-order valence-electron chi connectivity index (χ0n) is 21.4. The van der Waals surface area contributed by atoms with Crippen molar-refractivity contribution in [3.8, 4) is 0 Å². The average Bonchev–Trinajstić information content (AvgIpc) is 3.73. The summed E-state index contributed by atoms with van der Waals surface area (Å²) in [6, 6.07) is 0. The Morgan fingerprint density at radius 1 is 0.860 bits per heavy atom. The highest BCUT2D eigenvalue weighted by Gasteiger charge is 2.56. The van der Waals surface area contributed by atoms with E-state index in [2.05, 4.69) is 29.9 Å². The molecule has 228 valence electrons. The van der Waals surface area contributed by atoms with Gasteiger partial charge >= 0.3 is 16.1 Å². The van der Waals surface area contributed by atoms with E-state index in [1.54, 1.807) is 0 Å². The SMILES string of the molecule is Nc1ncnc2c1ncn2[C@@H]1O[C@@H]2COP(=O)(O)O[C@@H]3C(CO[P+](=O)O[C@H]2[C@H]1F)O[C@@H](n1cnc2c(N)ncnc21)[C@@H]3F. The summed E-state index contributed by atoms with van der Waals surface area (Å²) in [4.78, 5) is 34.4. The fourth-order valence-corrected chi connectivity index (χ4v) is 6.82. The van der Waals surface area contributed by atoms with Gasteiger partial charge in [-0.15, -0.1) is 9.05 Å². The molecule has 4 aromatic rings. The molecule has 4 aromatic heterocycles. The number of halogens is 2. The molecule has 3 fully saturated rings. The first-order valence-corrected chi connectivity index (χ1v) is 15.1. The number of ether oxygens (including phenoxy) is 2. The molecule has 3 saturated heterocycles. The third-order valence-corrected chi connectivity index (χ3v) is 8.83. The molecule has 7 heterocycles. The summed E-state index contributed by atoms with van der Waals surface area (Å²) >= 11 is 0. The number of nitrogen functional groups attached to an aromatic ring is 2. The Hall–Kier alpha value is -3.39. The molecule has 0 radical (unpaired) electrons. The summed E-state index contributed by atoms with van der Waals surface area (Å²) in [6.45, 7) is -1.44. The van der Waals surface area contributed by atoms with Crippen LogP contribution in [0.1, 0.15) is 12.5 Å². The van der Waals surface area contributed by atoms with Crippen LogP contribution in [-0.4, -0.2) is 93.9 Å². The van der Waals surface area contributed by atoms with E-state index >= 15 is 8.78 Å². The van der Waals surface area contributed by atoms with Crippen molar-refractivity contribution in [3.05, 3.63) is 25.3 Å². The Labute approximate surface area is 239 Å². The molecule has 3 unspecified atom stereocenters. The summed E-state index contributed by atoms with van der Waals surface area (Å²) in [5.41, 5.74) is 12.2. The van der Waals surface area contributed by atoms with Crippen LogP contribution in [0.25, 0.3) is 22.3 Å². The summed E-state index contributed by atoms with van der Waals surface area (Å²) in [6.07, 6.45) is -8.57. The lowest BCUT2D eigenvalue weighted by molar-refractivity contribution is -0.0600. The van der Waals surface area contributed by atoms with Crippen LogP contribution in [0.4, 0.5) is 20.4 Å². The number of hydrogen-bond acceptors (Lipinski definition) is 16. The average molecular weight is 645 g/mol. The lowest BCUT2D eigenvalue weighted by atomic mass is 10.1. The second-order valence-electron chi connectivity index (χ2n) is 9.61.